The number of nitrogens with one attached hydrogen (secondary N) is 1. The van der Waals surface area contributed by atoms with Gasteiger partial charge in [0.1, 0.15) is 5.76 Å². The average Bonchev–Trinajstić information content (AvgIpc) is 2.86. The topological polar surface area (TPSA) is 71.7 Å². The van der Waals surface area contributed by atoms with Crippen molar-refractivity contribution in [2.24, 2.45) is 0 Å². The van der Waals surface area contributed by atoms with Gasteiger partial charge in [0.25, 0.3) is 0 Å². The van der Waals surface area contributed by atoms with Crippen molar-refractivity contribution < 1.29 is 19.1 Å². The minimum Gasteiger partial charge on any atom is -0.475 e. The van der Waals surface area contributed by atoms with E-state index in [4.69, 9.17) is 14.3 Å². The summed E-state index contributed by atoms with van der Waals surface area (Å²) in [5, 5.41) is 12.5. The van der Waals surface area contributed by atoms with Crippen LogP contribution in [0.4, 0.5) is 0 Å². The highest BCUT2D eigenvalue weighted by Crippen LogP contribution is 2.31. The van der Waals surface area contributed by atoms with Crippen molar-refractivity contribution in [2.75, 3.05) is 6.61 Å². The van der Waals surface area contributed by atoms with E-state index >= 15 is 0 Å². The molecular weight excluding hydrogens is 270 g/mol. The predicted molar refractivity (Wildman–Crippen MR) is 79.5 cm³/mol. The molecule has 0 bridgehead atoms. The molecule has 1 atom stereocenters. The molecule has 118 valence electrons. The van der Waals surface area contributed by atoms with E-state index < -0.39 is 5.97 Å². The molecular formula is C16H25NO4. The summed E-state index contributed by atoms with van der Waals surface area (Å²) in [6, 6.07) is 2.18. The zero-order valence-electron chi connectivity index (χ0n) is 13.1. The first-order chi connectivity index (χ1) is 9.99. The van der Waals surface area contributed by atoms with Crippen LogP contribution >= 0.6 is 0 Å². The van der Waals surface area contributed by atoms with E-state index in [-0.39, 0.29) is 11.4 Å². The molecule has 2 N–H and O–H groups in total. The fourth-order valence-electron chi connectivity index (χ4n) is 3.04. The molecule has 5 heteroatoms. The summed E-state index contributed by atoms with van der Waals surface area (Å²) >= 11 is 0. The van der Waals surface area contributed by atoms with Gasteiger partial charge in [-0.1, -0.05) is 13.8 Å². The van der Waals surface area contributed by atoms with Gasteiger partial charge >= 0.3 is 5.97 Å². The minimum absolute atomic E-state index is 0.0127. The molecule has 0 spiro atoms. The number of aryl methyl sites for hydroxylation is 1. The Bertz CT molecular complexity index is 490. The van der Waals surface area contributed by atoms with Gasteiger partial charge in [0.05, 0.1) is 12.1 Å². The lowest BCUT2D eigenvalue weighted by Gasteiger charge is -2.40. The monoisotopic (exact) mass is 295 g/mol. The third kappa shape index (κ3) is 3.66. The lowest BCUT2D eigenvalue weighted by molar-refractivity contribution is -0.0933. The van der Waals surface area contributed by atoms with Crippen LogP contribution in [-0.4, -0.2) is 29.3 Å². The third-order valence-corrected chi connectivity index (χ3v) is 4.51. The first-order valence-electron chi connectivity index (χ1n) is 7.69. The molecule has 1 aliphatic rings. The maximum atomic E-state index is 11.0. The lowest BCUT2D eigenvalue weighted by Crippen LogP contribution is -2.46. The van der Waals surface area contributed by atoms with Crippen LogP contribution in [-0.2, 0) is 11.3 Å². The maximum absolute atomic E-state index is 11.0. The summed E-state index contributed by atoms with van der Waals surface area (Å²) in [7, 11) is 0. The van der Waals surface area contributed by atoms with E-state index in [9.17, 15) is 4.79 Å². The highest BCUT2D eigenvalue weighted by Gasteiger charge is 2.34. The average molecular weight is 295 g/mol. The molecule has 0 aromatic carbocycles. The number of carboxylic acid groups (broad SMARTS) is 1. The molecule has 1 aliphatic heterocycles. The predicted octanol–water partition coefficient (Wildman–Crippen LogP) is 3.11. The fourth-order valence-corrected chi connectivity index (χ4v) is 3.04. The van der Waals surface area contributed by atoms with Crippen molar-refractivity contribution in [1.82, 2.24) is 5.32 Å². The van der Waals surface area contributed by atoms with Crippen LogP contribution in [0.2, 0.25) is 0 Å². The summed E-state index contributed by atoms with van der Waals surface area (Å²) in [5.74, 6) is -0.300. The van der Waals surface area contributed by atoms with Crippen LogP contribution in [0.5, 0.6) is 0 Å². The number of hydrogen-bond donors (Lipinski definition) is 2. The quantitative estimate of drug-likeness (QED) is 0.843. The molecule has 1 fully saturated rings. The molecule has 0 aliphatic carbocycles. The van der Waals surface area contributed by atoms with Crippen molar-refractivity contribution in [3.8, 4) is 0 Å². The van der Waals surface area contributed by atoms with Gasteiger partial charge in [0.15, 0.2) is 0 Å². The van der Waals surface area contributed by atoms with Crippen LogP contribution in [0, 0.1) is 6.92 Å². The van der Waals surface area contributed by atoms with Crippen LogP contribution in [0.3, 0.4) is 0 Å². The first kappa shape index (κ1) is 16.0. The van der Waals surface area contributed by atoms with Crippen LogP contribution in [0.1, 0.15) is 61.4 Å². The van der Waals surface area contributed by atoms with Crippen molar-refractivity contribution >= 4 is 5.97 Å². The molecule has 0 saturated carbocycles. The Morgan fingerprint density at radius 2 is 2.19 bits per heavy atom. The van der Waals surface area contributed by atoms with Crippen LogP contribution < -0.4 is 5.32 Å². The normalized spacial score (nSPS) is 21.4. The van der Waals surface area contributed by atoms with E-state index in [0.29, 0.717) is 23.9 Å². The maximum Gasteiger partial charge on any atom is 0.372 e. The summed E-state index contributed by atoms with van der Waals surface area (Å²) < 4.78 is 11.3. The Morgan fingerprint density at radius 3 is 2.76 bits per heavy atom. The Balaban J connectivity index is 1.94. The molecule has 0 amide bonds. The number of furan rings is 1. The zero-order chi connectivity index (χ0) is 15.5. The SMILES string of the molecule is CCC1(CC)CC(NCc2cc(C)c(C(=O)O)o2)CCO1. The van der Waals surface area contributed by atoms with Crippen molar-refractivity contribution in [2.45, 2.75) is 64.6 Å². The molecule has 2 heterocycles. The van der Waals surface area contributed by atoms with Crippen molar-refractivity contribution in [3.63, 3.8) is 0 Å². The Morgan fingerprint density at radius 1 is 1.48 bits per heavy atom. The van der Waals surface area contributed by atoms with Gasteiger partial charge in [-0.3, -0.25) is 0 Å². The smallest absolute Gasteiger partial charge is 0.372 e. The molecule has 21 heavy (non-hydrogen) atoms. The van der Waals surface area contributed by atoms with Gasteiger partial charge in [-0.2, -0.15) is 0 Å². The summed E-state index contributed by atoms with van der Waals surface area (Å²) in [4.78, 5) is 11.0. The van der Waals surface area contributed by atoms with Gasteiger partial charge in [-0.05, 0) is 38.7 Å². The number of carboxylic acids is 1. The molecule has 0 radical (unpaired) electrons. The molecule has 1 aromatic rings. The molecule has 1 saturated heterocycles. The second kappa shape index (κ2) is 6.62. The minimum atomic E-state index is -1.01. The summed E-state index contributed by atoms with van der Waals surface area (Å²) in [5.41, 5.74) is 0.657. The van der Waals surface area contributed by atoms with Gasteiger partial charge in [0, 0.05) is 18.2 Å². The fraction of sp³-hybridized carbons (Fsp3) is 0.688. The number of ether oxygens (including phenoxy) is 1. The van der Waals surface area contributed by atoms with E-state index in [1.54, 1.807) is 13.0 Å². The lowest BCUT2D eigenvalue weighted by atomic mass is 9.86. The number of carbonyl (C=O) groups is 1. The third-order valence-electron chi connectivity index (χ3n) is 4.51. The Labute approximate surface area is 125 Å². The number of hydrogen-bond acceptors (Lipinski definition) is 4. The van der Waals surface area contributed by atoms with Crippen LogP contribution in [0.15, 0.2) is 10.5 Å². The number of rotatable bonds is 6. The zero-order valence-corrected chi connectivity index (χ0v) is 13.1. The van der Waals surface area contributed by atoms with Gasteiger partial charge in [-0.25, -0.2) is 4.79 Å². The highest BCUT2D eigenvalue weighted by molar-refractivity contribution is 5.86. The van der Waals surface area contributed by atoms with E-state index in [1.807, 2.05) is 0 Å². The highest BCUT2D eigenvalue weighted by atomic mass is 16.5. The second-order valence-corrected chi connectivity index (χ2v) is 5.84. The summed E-state index contributed by atoms with van der Waals surface area (Å²) in [6.45, 7) is 7.42. The standard InChI is InChI=1S/C16H25NO4/c1-4-16(5-2)9-12(6-7-20-16)17-10-13-8-11(3)14(21-13)15(18)19/h8,12,17H,4-7,9-10H2,1-3H3,(H,18,19). The van der Waals surface area contributed by atoms with Gasteiger partial charge < -0.3 is 19.6 Å². The van der Waals surface area contributed by atoms with Crippen molar-refractivity contribution in [1.29, 1.82) is 0 Å². The van der Waals surface area contributed by atoms with E-state index in [1.165, 1.54) is 0 Å². The van der Waals surface area contributed by atoms with Gasteiger partial charge in [-0.15, -0.1) is 0 Å². The van der Waals surface area contributed by atoms with Crippen molar-refractivity contribution in [3.05, 3.63) is 23.2 Å². The second-order valence-electron chi connectivity index (χ2n) is 5.84. The largest absolute Gasteiger partial charge is 0.475 e. The molecule has 1 aromatic heterocycles. The van der Waals surface area contributed by atoms with E-state index in [0.717, 1.165) is 32.3 Å². The molecule has 2 rings (SSSR count). The summed E-state index contributed by atoms with van der Waals surface area (Å²) in [6.07, 6.45) is 4.01. The van der Waals surface area contributed by atoms with E-state index in [2.05, 4.69) is 19.2 Å². The van der Waals surface area contributed by atoms with Crippen LogP contribution in [0.25, 0.3) is 0 Å². The Kier molecular flexibility index (Phi) is 5.06. The Hall–Kier alpha value is -1.33. The molecule has 1 unspecified atom stereocenters. The van der Waals surface area contributed by atoms with Gasteiger partial charge in [0.2, 0.25) is 5.76 Å². The number of aromatic carboxylic acids is 1. The molecule has 5 nitrogen and oxygen atoms in total. The first-order valence-corrected chi connectivity index (χ1v) is 7.69.